The monoisotopic (exact) mass is 486 g/mol. The highest BCUT2D eigenvalue weighted by Crippen LogP contribution is 2.48. The van der Waals surface area contributed by atoms with E-state index in [-0.39, 0.29) is 38.5 Å². The number of piperidine rings is 1. The van der Waals surface area contributed by atoms with Crippen LogP contribution in [0.4, 0.5) is 23.7 Å². The number of nitrogens with zero attached hydrogens (tertiary/aromatic N) is 4. The molecule has 1 N–H and O–H groups in total. The van der Waals surface area contributed by atoms with Crippen molar-refractivity contribution < 1.29 is 27.9 Å². The molecule has 1 fully saturated rings. The third-order valence-corrected chi connectivity index (χ3v) is 7.21. The van der Waals surface area contributed by atoms with Crippen LogP contribution in [0.1, 0.15) is 36.9 Å². The molecule has 0 aliphatic carbocycles. The summed E-state index contributed by atoms with van der Waals surface area (Å²) < 4.78 is 40.3. The summed E-state index contributed by atoms with van der Waals surface area (Å²) in [5.41, 5.74) is 2.26. The van der Waals surface area contributed by atoms with Gasteiger partial charge >= 0.3 is 12.3 Å². The quantitative estimate of drug-likeness (QED) is 0.554. The third kappa shape index (κ3) is 4.11. The second-order valence-electron chi connectivity index (χ2n) is 9.20. The molecule has 0 unspecified atom stereocenters. The summed E-state index contributed by atoms with van der Waals surface area (Å²) in [5, 5.41) is 10.2. The molecule has 1 aromatic carbocycles. The summed E-state index contributed by atoms with van der Waals surface area (Å²) in [6, 6.07) is 11.2. The van der Waals surface area contributed by atoms with Crippen molar-refractivity contribution in [3.8, 4) is 0 Å². The number of benzene rings is 1. The Labute approximate surface area is 199 Å². The van der Waals surface area contributed by atoms with Gasteiger partial charge in [0.15, 0.2) is 0 Å². The number of carboxylic acid groups (broad SMARTS) is 1. The molecule has 4 heterocycles. The van der Waals surface area contributed by atoms with Gasteiger partial charge in [-0.15, -0.1) is 0 Å². The molecule has 3 aromatic rings. The van der Waals surface area contributed by atoms with Gasteiger partial charge in [0.25, 0.3) is 0 Å². The average molecular weight is 486 g/mol. The lowest BCUT2D eigenvalue weighted by atomic mass is 9.74. The standard InChI is InChI=1S/C25H25F3N4O3/c26-25(27,28)7-3-11-31-18(14-17-4-1-2-5-20(17)31)16-32-21-15-29-10-6-19(21)24(22(32)33)8-12-30(13-9-24)23(34)35/h1-2,4-6,10,14-15H,3,7-9,11-13,16H2,(H,34,35). The first-order valence-electron chi connectivity index (χ1n) is 11.6. The van der Waals surface area contributed by atoms with E-state index in [4.69, 9.17) is 0 Å². The zero-order valence-corrected chi connectivity index (χ0v) is 19.0. The number of anilines is 1. The molecule has 5 rings (SSSR count). The molecule has 2 aliphatic rings. The number of carbonyl (C=O) groups is 2. The molecule has 0 bridgehead atoms. The number of hydrogen-bond acceptors (Lipinski definition) is 3. The van der Waals surface area contributed by atoms with Gasteiger partial charge in [0.1, 0.15) is 0 Å². The molecular weight excluding hydrogens is 461 g/mol. The minimum atomic E-state index is -4.23. The Morgan fingerprint density at radius 1 is 1.14 bits per heavy atom. The smallest absolute Gasteiger partial charge is 0.407 e. The molecule has 1 spiro atoms. The number of aromatic nitrogens is 2. The van der Waals surface area contributed by atoms with Crippen LogP contribution < -0.4 is 4.90 Å². The second-order valence-corrected chi connectivity index (χ2v) is 9.20. The minimum Gasteiger partial charge on any atom is -0.465 e. The average Bonchev–Trinajstić information content (AvgIpc) is 3.28. The van der Waals surface area contributed by atoms with Crippen LogP contribution in [0.25, 0.3) is 10.9 Å². The maximum Gasteiger partial charge on any atom is 0.407 e. The number of fused-ring (bicyclic) bond motifs is 3. The highest BCUT2D eigenvalue weighted by atomic mass is 19.4. The van der Waals surface area contributed by atoms with Gasteiger partial charge in [-0.25, -0.2) is 4.79 Å². The largest absolute Gasteiger partial charge is 0.465 e. The molecular formula is C25H25F3N4O3. The topological polar surface area (TPSA) is 78.7 Å². The van der Waals surface area contributed by atoms with Crippen LogP contribution in [-0.4, -0.2) is 50.8 Å². The summed E-state index contributed by atoms with van der Waals surface area (Å²) in [4.78, 5) is 32.5. The van der Waals surface area contributed by atoms with Crippen molar-refractivity contribution in [3.63, 3.8) is 0 Å². The van der Waals surface area contributed by atoms with Crippen LogP contribution in [0.5, 0.6) is 0 Å². The Morgan fingerprint density at radius 2 is 1.89 bits per heavy atom. The number of aryl methyl sites for hydroxylation is 1. The fraction of sp³-hybridized carbons (Fsp3) is 0.400. The Hall–Kier alpha value is -3.56. The molecule has 184 valence electrons. The molecule has 7 nitrogen and oxygen atoms in total. The van der Waals surface area contributed by atoms with Gasteiger partial charge in [0.05, 0.1) is 23.8 Å². The zero-order valence-electron chi connectivity index (χ0n) is 19.0. The molecule has 1 saturated heterocycles. The number of rotatable bonds is 5. The summed E-state index contributed by atoms with van der Waals surface area (Å²) in [7, 11) is 0. The Balaban J connectivity index is 1.48. The number of likely N-dealkylation sites (tertiary alicyclic amines) is 1. The first-order chi connectivity index (χ1) is 16.7. The van der Waals surface area contributed by atoms with E-state index in [1.165, 1.54) is 4.90 Å². The van der Waals surface area contributed by atoms with E-state index in [0.29, 0.717) is 18.5 Å². The fourth-order valence-electron chi connectivity index (χ4n) is 5.47. The minimum absolute atomic E-state index is 0.0593. The van der Waals surface area contributed by atoms with Crippen molar-refractivity contribution in [2.24, 2.45) is 0 Å². The first-order valence-corrected chi connectivity index (χ1v) is 11.6. The van der Waals surface area contributed by atoms with Crippen LogP contribution in [-0.2, 0) is 23.3 Å². The molecule has 0 atom stereocenters. The van der Waals surface area contributed by atoms with Gasteiger partial charge in [-0.05, 0) is 48.4 Å². The van der Waals surface area contributed by atoms with Crippen molar-refractivity contribution in [1.82, 2.24) is 14.5 Å². The van der Waals surface area contributed by atoms with Crippen LogP contribution in [0.2, 0.25) is 0 Å². The van der Waals surface area contributed by atoms with Gasteiger partial charge in [-0.3, -0.25) is 9.78 Å². The highest BCUT2D eigenvalue weighted by Gasteiger charge is 2.52. The van der Waals surface area contributed by atoms with Gasteiger partial charge in [0.2, 0.25) is 5.91 Å². The zero-order chi connectivity index (χ0) is 24.8. The van der Waals surface area contributed by atoms with E-state index in [1.807, 2.05) is 41.0 Å². The Kier molecular flexibility index (Phi) is 5.69. The molecule has 0 saturated carbocycles. The molecule has 0 radical (unpaired) electrons. The van der Waals surface area contributed by atoms with Crippen LogP contribution in [0.15, 0.2) is 48.8 Å². The normalized spacial score (nSPS) is 17.4. The molecule has 2 aromatic heterocycles. The first kappa shape index (κ1) is 23.2. The van der Waals surface area contributed by atoms with E-state index in [9.17, 15) is 27.9 Å². The van der Waals surface area contributed by atoms with Crippen molar-refractivity contribution in [1.29, 1.82) is 0 Å². The Bertz CT molecular complexity index is 1280. The van der Waals surface area contributed by atoms with Crippen molar-refractivity contribution in [2.75, 3.05) is 18.0 Å². The maximum atomic E-state index is 13.9. The van der Waals surface area contributed by atoms with Gasteiger partial charge in [-0.2, -0.15) is 13.2 Å². The number of pyridine rings is 1. The van der Waals surface area contributed by atoms with E-state index in [1.54, 1.807) is 17.3 Å². The van der Waals surface area contributed by atoms with E-state index in [0.717, 1.165) is 22.2 Å². The van der Waals surface area contributed by atoms with E-state index in [2.05, 4.69) is 4.98 Å². The lowest BCUT2D eigenvalue weighted by Crippen LogP contribution is -2.49. The van der Waals surface area contributed by atoms with Crippen LogP contribution in [0.3, 0.4) is 0 Å². The Morgan fingerprint density at radius 3 is 2.60 bits per heavy atom. The van der Waals surface area contributed by atoms with Crippen molar-refractivity contribution in [2.45, 2.75) is 50.4 Å². The summed E-state index contributed by atoms with van der Waals surface area (Å²) in [5.74, 6) is -0.113. The second kappa shape index (κ2) is 8.58. The van der Waals surface area contributed by atoms with Crippen LogP contribution in [0, 0.1) is 0 Å². The molecule has 2 aliphatic heterocycles. The lowest BCUT2D eigenvalue weighted by Gasteiger charge is -2.37. The molecule has 2 amide bonds. The van der Waals surface area contributed by atoms with Crippen molar-refractivity contribution >= 4 is 28.6 Å². The van der Waals surface area contributed by atoms with Crippen LogP contribution >= 0.6 is 0 Å². The number of para-hydroxylation sites is 1. The van der Waals surface area contributed by atoms with Crippen molar-refractivity contribution in [3.05, 3.63) is 60.0 Å². The SMILES string of the molecule is O=C(O)N1CCC2(CC1)C(=O)N(Cc1cc3ccccc3n1CCCC(F)(F)F)c1cnccc12. The predicted octanol–water partition coefficient (Wildman–Crippen LogP) is 4.94. The van der Waals surface area contributed by atoms with E-state index < -0.39 is 24.1 Å². The number of halogens is 3. The summed E-state index contributed by atoms with van der Waals surface area (Å²) in [6.07, 6.45) is -2.14. The highest BCUT2D eigenvalue weighted by molar-refractivity contribution is 6.08. The lowest BCUT2D eigenvalue weighted by molar-refractivity contribution is -0.135. The molecule has 35 heavy (non-hydrogen) atoms. The number of carbonyl (C=O) groups excluding carboxylic acids is 1. The van der Waals surface area contributed by atoms with Gasteiger partial charge < -0.3 is 19.5 Å². The third-order valence-electron chi connectivity index (χ3n) is 7.21. The number of amides is 2. The molecule has 10 heteroatoms. The predicted molar refractivity (Wildman–Crippen MR) is 123 cm³/mol. The summed E-state index contributed by atoms with van der Waals surface area (Å²) in [6.45, 7) is 0.897. The number of hydrogen-bond donors (Lipinski definition) is 1. The van der Waals surface area contributed by atoms with Gasteiger partial charge in [-0.1, -0.05) is 18.2 Å². The van der Waals surface area contributed by atoms with Gasteiger partial charge in [0, 0.05) is 43.5 Å². The fourth-order valence-corrected chi connectivity index (χ4v) is 5.47. The maximum absolute atomic E-state index is 13.9. The summed E-state index contributed by atoms with van der Waals surface area (Å²) >= 11 is 0. The van der Waals surface area contributed by atoms with E-state index >= 15 is 0 Å². The number of alkyl halides is 3.